The first-order valence-electron chi connectivity index (χ1n) is 5.86. The minimum Gasteiger partial charge on any atom is -0.494 e. The highest BCUT2D eigenvalue weighted by Gasteiger charge is 2.08. The number of hydrogen-bond acceptors (Lipinski definition) is 3. The van der Waals surface area contributed by atoms with Crippen LogP contribution in [0.2, 0.25) is 0 Å². The molecule has 16 heavy (non-hydrogen) atoms. The first-order valence-corrected chi connectivity index (χ1v) is 5.86. The highest BCUT2D eigenvalue weighted by Crippen LogP contribution is 2.11. The lowest BCUT2D eigenvalue weighted by Gasteiger charge is -2.18. The van der Waals surface area contributed by atoms with E-state index < -0.39 is 0 Å². The summed E-state index contributed by atoms with van der Waals surface area (Å²) < 4.78 is 5.62. The van der Waals surface area contributed by atoms with Gasteiger partial charge in [-0.25, -0.2) is 0 Å². The number of benzene rings is 1. The average Bonchev–Trinajstić information content (AvgIpc) is 2.28. The molecule has 0 spiro atoms. The summed E-state index contributed by atoms with van der Waals surface area (Å²) in [6.45, 7) is 5.09. The zero-order valence-electron chi connectivity index (χ0n) is 10.1. The summed E-state index contributed by atoms with van der Waals surface area (Å²) in [6, 6.07) is 10.2. The van der Waals surface area contributed by atoms with Crippen molar-refractivity contribution in [1.29, 1.82) is 0 Å². The molecule has 90 valence electrons. The van der Waals surface area contributed by atoms with Crippen molar-refractivity contribution in [2.75, 3.05) is 6.61 Å². The molecule has 0 aliphatic carbocycles. The maximum atomic E-state index is 5.62. The van der Waals surface area contributed by atoms with Crippen LogP contribution in [0.25, 0.3) is 0 Å². The summed E-state index contributed by atoms with van der Waals surface area (Å²) in [7, 11) is 0. The molecule has 0 aliphatic rings. The Hall–Kier alpha value is -1.06. The van der Waals surface area contributed by atoms with Gasteiger partial charge in [0.05, 0.1) is 6.61 Å². The molecule has 0 heterocycles. The Labute approximate surface area is 98.0 Å². The van der Waals surface area contributed by atoms with Crippen LogP contribution in [0.4, 0.5) is 0 Å². The van der Waals surface area contributed by atoms with Crippen LogP contribution in [0.1, 0.15) is 26.7 Å². The van der Waals surface area contributed by atoms with Gasteiger partial charge in [-0.15, -0.1) is 0 Å². The summed E-state index contributed by atoms with van der Waals surface area (Å²) in [5, 5.41) is 0. The summed E-state index contributed by atoms with van der Waals surface area (Å²) in [4.78, 5) is 0. The number of para-hydroxylation sites is 1. The minimum atomic E-state index is 0.337. The van der Waals surface area contributed by atoms with Crippen LogP contribution >= 0.6 is 0 Å². The van der Waals surface area contributed by atoms with Gasteiger partial charge in [-0.3, -0.25) is 11.3 Å². The Morgan fingerprint density at radius 2 is 1.94 bits per heavy atom. The molecule has 3 heteroatoms. The monoisotopic (exact) mass is 222 g/mol. The van der Waals surface area contributed by atoms with E-state index in [1.165, 1.54) is 0 Å². The Kier molecular flexibility index (Phi) is 5.90. The molecule has 0 saturated carbocycles. The van der Waals surface area contributed by atoms with Gasteiger partial charge in [0, 0.05) is 6.04 Å². The molecule has 3 nitrogen and oxygen atoms in total. The summed E-state index contributed by atoms with van der Waals surface area (Å²) in [5.41, 5.74) is 2.84. The highest BCUT2D eigenvalue weighted by atomic mass is 16.5. The van der Waals surface area contributed by atoms with Crippen molar-refractivity contribution in [3.8, 4) is 5.75 Å². The van der Waals surface area contributed by atoms with E-state index in [-0.39, 0.29) is 0 Å². The van der Waals surface area contributed by atoms with E-state index in [2.05, 4.69) is 19.3 Å². The second-order valence-corrected chi connectivity index (χ2v) is 4.44. The molecule has 0 aromatic heterocycles. The van der Waals surface area contributed by atoms with Crippen LogP contribution in [0, 0.1) is 5.92 Å². The van der Waals surface area contributed by atoms with Gasteiger partial charge in [-0.1, -0.05) is 32.0 Å². The van der Waals surface area contributed by atoms with Gasteiger partial charge >= 0.3 is 0 Å². The first-order chi connectivity index (χ1) is 7.72. The highest BCUT2D eigenvalue weighted by molar-refractivity contribution is 5.20. The van der Waals surface area contributed by atoms with Gasteiger partial charge in [-0.2, -0.15) is 0 Å². The fourth-order valence-corrected chi connectivity index (χ4v) is 1.67. The number of hydrazine groups is 1. The van der Waals surface area contributed by atoms with Gasteiger partial charge in [-0.05, 0) is 30.9 Å². The smallest absolute Gasteiger partial charge is 0.119 e. The van der Waals surface area contributed by atoms with Crippen LogP contribution in [-0.2, 0) is 0 Å². The molecule has 0 amide bonds. The normalized spacial score (nSPS) is 12.8. The van der Waals surface area contributed by atoms with E-state index in [9.17, 15) is 0 Å². The van der Waals surface area contributed by atoms with E-state index >= 15 is 0 Å². The predicted octanol–water partition coefficient (Wildman–Crippen LogP) is 2.33. The first kappa shape index (κ1) is 13.0. The SMILES string of the molecule is CC(C)CC(CCOc1ccccc1)NN. The maximum Gasteiger partial charge on any atom is 0.119 e. The van der Waals surface area contributed by atoms with E-state index in [0.29, 0.717) is 18.6 Å². The fourth-order valence-electron chi connectivity index (χ4n) is 1.67. The molecule has 0 bridgehead atoms. The Balaban J connectivity index is 2.23. The van der Waals surface area contributed by atoms with Gasteiger partial charge in [0.15, 0.2) is 0 Å². The molecule has 0 radical (unpaired) electrons. The fraction of sp³-hybridized carbons (Fsp3) is 0.538. The number of ether oxygens (including phenoxy) is 1. The molecular weight excluding hydrogens is 200 g/mol. The third kappa shape index (κ3) is 5.14. The van der Waals surface area contributed by atoms with E-state index in [4.69, 9.17) is 10.6 Å². The van der Waals surface area contributed by atoms with Crippen LogP contribution < -0.4 is 16.0 Å². The molecule has 1 rings (SSSR count). The molecule has 1 unspecified atom stereocenters. The lowest BCUT2D eigenvalue weighted by molar-refractivity contribution is 0.273. The third-order valence-electron chi connectivity index (χ3n) is 2.47. The maximum absolute atomic E-state index is 5.62. The van der Waals surface area contributed by atoms with E-state index in [1.807, 2.05) is 30.3 Å². The lowest BCUT2D eigenvalue weighted by atomic mass is 10.0. The van der Waals surface area contributed by atoms with E-state index in [0.717, 1.165) is 18.6 Å². The van der Waals surface area contributed by atoms with Crippen LogP contribution in [0.3, 0.4) is 0 Å². The third-order valence-corrected chi connectivity index (χ3v) is 2.47. The molecule has 3 N–H and O–H groups in total. The van der Waals surface area contributed by atoms with E-state index in [1.54, 1.807) is 0 Å². The molecule has 1 atom stereocenters. The van der Waals surface area contributed by atoms with Crippen LogP contribution in [0.5, 0.6) is 5.75 Å². The standard InChI is InChI=1S/C13H22N2O/c1-11(2)10-12(15-14)8-9-16-13-6-4-3-5-7-13/h3-7,11-12,15H,8-10,14H2,1-2H3. The van der Waals surface area contributed by atoms with Crippen molar-refractivity contribution in [2.45, 2.75) is 32.7 Å². The van der Waals surface area contributed by atoms with Crippen molar-refractivity contribution in [3.05, 3.63) is 30.3 Å². The summed E-state index contributed by atoms with van der Waals surface area (Å²) in [5.74, 6) is 7.06. The second-order valence-electron chi connectivity index (χ2n) is 4.44. The predicted molar refractivity (Wildman–Crippen MR) is 67.1 cm³/mol. The number of nitrogens with one attached hydrogen (secondary N) is 1. The van der Waals surface area contributed by atoms with Crippen LogP contribution in [0.15, 0.2) is 30.3 Å². The largest absolute Gasteiger partial charge is 0.494 e. The van der Waals surface area contributed by atoms with Crippen LogP contribution in [-0.4, -0.2) is 12.6 Å². The molecule has 1 aromatic rings. The summed E-state index contributed by atoms with van der Waals surface area (Å²) >= 11 is 0. The van der Waals surface area contributed by atoms with Crippen molar-refractivity contribution >= 4 is 0 Å². The number of nitrogens with two attached hydrogens (primary N) is 1. The van der Waals surface area contributed by atoms with Crippen molar-refractivity contribution in [3.63, 3.8) is 0 Å². The van der Waals surface area contributed by atoms with Crippen molar-refractivity contribution in [2.24, 2.45) is 11.8 Å². The zero-order chi connectivity index (χ0) is 11.8. The molecule has 1 aromatic carbocycles. The second kappa shape index (κ2) is 7.25. The minimum absolute atomic E-state index is 0.337. The Bertz CT molecular complexity index is 275. The van der Waals surface area contributed by atoms with Gasteiger partial charge in [0.25, 0.3) is 0 Å². The summed E-state index contributed by atoms with van der Waals surface area (Å²) in [6.07, 6.45) is 2.01. The Morgan fingerprint density at radius 3 is 2.50 bits per heavy atom. The molecule has 0 saturated heterocycles. The quantitative estimate of drug-likeness (QED) is 0.550. The molecule has 0 aliphatic heterocycles. The van der Waals surface area contributed by atoms with Gasteiger partial charge in [0.1, 0.15) is 5.75 Å². The van der Waals surface area contributed by atoms with Gasteiger partial charge in [0.2, 0.25) is 0 Å². The molecule has 0 fully saturated rings. The average molecular weight is 222 g/mol. The van der Waals surface area contributed by atoms with Gasteiger partial charge < -0.3 is 4.74 Å². The van der Waals surface area contributed by atoms with Crippen molar-refractivity contribution in [1.82, 2.24) is 5.43 Å². The molecular formula is C13H22N2O. The number of hydrogen-bond donors (Lipinski definition) is 2. The number of rotatable bonds is 7. The topological polar surface area (TPSA) is 47.3 Å². The Morgan fingerprint density at radius 1 is 1.25 bits per heavy atom. The van der Waals surface area contributed by atoms with Crippen molar-refractivity contribution < 1.29 is 4.74 Å². The zero-order valence-corrected chi connectivity index (χ0v) is 10.1. The lowest BCUT2D eigenvalue weighted by Crippen LogP contribution is -2.37.